The number of amides is 1. The Balaban J connectivity index is 0.000000342. The van der Waals surface area contributed by atoms with Crippen LogP contribution >= 0.6 is 0 Å². The molecule has 19 heavy (non-hydrogen) atoms. The molecule has 2 rings (SSSR count). The van der Waals surface area contributed by atoms with Gasteiger partial charge in [-0.2, -0.15) is 5.11 Å². The Labute approximate surface area is 106 Å². The number of fused-ring (bicyclic) bond motifs is 1. The van der Waals surface area contributed by atoms with E-state index in [1.54, 1.807) is 6.07 Å². The average Bonchev–Trinajstić information content (AvgIpc) is 2.28. The number of nitrogens with zero attached hydrogens (tertiary/aromatic N) is 2. The summed E-state index contributed by atoms with van der Waals surface area (Å²) in [6, 6.07) is 7.39. The van der Waals surface area contributed by atoms with Crippen molar-refractivity contribution in [3.05, 3.63) is 35.4 Å². The fourth-order valence-corrected chi connectivity index (χ4v) is 1.10. The second-order valence-electron chi connectivity index (χ2n) is 2.93. The van der Waals surface area contributed by atoms with Crippen LogP contribution in [0.15, 0.2) is 34.5 Å². The molecule has 9 nitrogen and oxygen atoms in total. The molecule has 1 aliphatic heterocycles. The van der Waals surface area contributed by atoms with Gasteiger partial charge in [-0.1, -0.05) is 18.2 Å². The van der Waals surface area contributed by atoms with Gasteiger partial charge in [-0.15, -0.1) is 5.11 Å². The fourth-order valence-electron chi connectivity index (χ4n) is 1.10. The van der Waals surface area contributed by atoms with Crippen LogP contribution in [0.3, 0.4) is 0 Å². The van der Waals surface area contributed by atoms with Crippen molar-refractivity contribution in [2.75, 3.05) is 0 Å². The molecule has 1 aromatic rings. The first kappa shape index (κ1) is 16.0. The van der Waals surface area contributed by atoms with Gasteiger partial charge in [-0.05, 0) is 11.6 Å². The molecule has 0 saturated heterocycles. The second-order valence-corrected chi connectivity index (χ2v) is 2.93. The van der Waals surface area contributed by atoms with Gasteiger partial charge in [-0.25, -0.2) is 9.59 Å². The van der Waals surface area contributed by atoms with Crippen LogP contribution in [0.5, 0.6) is 0 Å². The van der Waals surface area contributed by atoms with E-state index < -0.39 is 12.3 Å². The lowest BCUT2D eigenvalue weighted by Crippen LogP contribution is -2.03. The summed E-state index contributed by atoms with van der Waals surface area (Å²) in [5.74, 6) is -0.230. The van der Waals surface area contributed by atoms with E-state index in [0.29, 0.717) is 12.1 Å². The SMILES string of the molecule is O=C(O)O.O=C(O)O.O=C1N=NCc2ccccc21. The van der Waals surface area contributed by atoms with Gasteiger partial charge >= 0.3 is 12.3 Å². The quantitative estimate of drug-likeness (QED) is 0.562. The molecule has 102 valence electrons. The largest absolute Gasteiger partial charge is 0.503 e. The molecule has 1 amide bonds. The maximum atomic E-state index is 11.0. The van der Waals surface area contributed by atoms with Crippen molar-refractivity contribution in [3.63, 3.8) is 0 Å². The number of carbonyl (C=O) groups is 3. The molecule has 4 N–H and O–H groups in total. The Hall–Kier alpha value is -2.97. The number of hydrogen-bond acceptors (Lipinski definition) is 4. The lowest BCUT2D eigenvalue weighted by molar-refractivity contribution is 0.0987. The summed E-state index contributed by atoms with van der Waals surface area (Å²) < 4.78 is 0. The zero-order chi connectivity index (χ0) is 14.8. The van der Waals surface area contributed by atoms with E-state index in [-0.39, 0.29) is 5.91 Å². The Bertz CT molecular complexity index is 478. The second kappa shape index (κ2) is 8.17. The van der Waals surface area contributed by atoms with Crippen LogP contribution in [-0.2, 0) is 6.54 Å². The first-order valence-electron chi connectivity index (χ1n) is 4.68. The molecular formula is C10H10N2O7. The lowest BCUT2D eigenvalue weighted by atomic mass is 10.1. The zero-order valence-electron chi connectivity index (χ0n) is 9.42. The normalized spacial score (nSPS) is 11.1. The topological polar surface area (TPSA) is 157 Å². The molecule has 0 atom stereocenters. The minimum absolute atomic E-state index is 0.230. The Morgan fingerprint density at radius 3 is 1.95 bits per heavy atom. The Morgan fingerprint density at radius 2 is 1.47 bits per heavy atom. The molecule has 0 saturated carbocycles. The van der Waals surface area contributed by atoms with Crippen molar-refractivity contribution >= 4 is 18.2 Å². The smallest absolute Gasteiger partial charge is 0.450 e. The third-order valence-corrected chi connectivity index (χ3v) is 1.65. The number of azo groups is 1. The zero-order valence-corrected chi connectivity index (χ0v) is 9.42. The van der Waals surface area contributed by atoms with E-state index in [0.717, 1.165) is 5.56 Å². The standard InChI is InChI=1S/C8H6N2O.2CH2O3/c11-8-7-4-2-1-3-6(7)5-9-10-8;2*2-1(3)4/h1-4H,5H2;2*(H2,2,3,4). The third kappa shape index (κ3) is 7.85. The summed E-state index contributed by atoms with van der Waals surface area (Å²) in [4.78, 5) is 28.1. The maximum absolute atomic E-state index is 11.0. The first-order chi connectivity index (χ1) is 8.84. The van der Waals surface area contributed by atoms with Gasteiger partial charge in [0.25, 0.3) is 5.91 Å². The summed E-state index contributed by atoms with van der Waals surface area (Å²) in [5.41, 5.74) is 1.65. The highest BCUT2D eigenvalue weighted by Crippen LogP contribution is 2.15. The van der Waals surface area contributed by atoms with Crippen LogP contribution in [0.1, 0.15) is 15.9 Å². The van der Waals surface area contributed by atoms with Gasteiger partial charge in [-0.3, -0.25) is 4.79 Å². The monoisotopic (exact) mass is 270 g/mol. The summed E-state index contributed by atoms with van der Waals surface area (Å²) in [5, 5.41) is 35.0. The first-order valence-corrected chi connectivity index (χ1v) is 4.68. The number of carbonyl (C=O) groups excluding carboxylic acids is 1. The number of rotatable bonds is 0. The van der Waals surface area contributed by atoms with Crippen molar-refractivity contribution in [1.29, 1.82) is 0 Å². The van der Waals surface area contributed by atoms with Gasteiger partial charge in [0.2, 0.25) is 0 Å². The van der Waals surface area contributed by atoms with E-state index >= 15 is 0 Å². The van der Waals surface area contributed by atoms with Crippen molar-refractivity contribution in [2.45, 2.75) is 6.54 Å². The fraction of sp³-hybridized carbons (Fsp3) is 0.100. The van der Waals surface area contributed by atoms with Crippen LogP contribution in [0, 0.1) is 0 Å². The highest BCUT2D eigenvalue weighted by molar-refractivity contribution is 5.96. The molecule has 0 bridgehead atoms. The molecule has 1 aromatic carbocycles. The van der Waals surface area contributed by atoms with E-state index in [1.807, 2.05) is 18.2 Å². The number of carboxylic acid groups (broad SMARTS) is 4. The summed E-state index contributed by atoms with van der Waals surface area (Å²) >= 11 is 0. The van der Waals surface area contributed by atoms with Gasteiger partial charge in [0, 0.05) is 5.56 Å². The van der Waals surface area contributed by atoms with Crippen LogP contribution in [0.2, 0.25) is 0 Å². The highest BCUT2D eigenvalue weighted by atomic mass is 16.6. The van der Waals surface area contributed by atoms with E-state index in [1.165, 1.54) is 0 Å². The molecule has 1 aliphatic rings. The summed E-state index contributed by atoms with van der Waals surface area (Å²) in [6.45, 7) is 0.530. The molecule has 1 heterocycles. The molecule has 0 aliphatic carbocycles. The van der Waals surface area contributed by atoms with Gasteiger partial charge in [0.05, 0.1) is 6.54 Å². The minimum atomic E-state index is -1.83. The molecule has 0 aromatic heterocycles. The number of benzene rings is 1. The van der Waals surface area contributed by atoms with Gasteiger partial charge in [0.15, 0.2) is 0 Å². The summed E-state index contributed by atoms with van der Waals surface area (Å²) in [6.07, 6.45) is -3.67. The van der Waals surface area contributed by atoms with E-state index in [9.17, 15) is 4.79 Å². The predicted molar refractivity (Wildman–Crippen MR) is 60.6 cm³/mol. The maximum Gasteiger partial charge on any atom is 0.503 e. The third-order valence-electron chi connectivity index (χ3n) is 1.65. The van der Waals surface area contributed by atoms with Crippen LogP contribution in [0.4, 0.5) is 9.59 Å². The average molecular weight is 270 g/mol. The van der Waals surface area contributed by atoms with Crippen molar-refractivity contribution in [3.8, 4) is 0 Å². The Kier molecular flexibility index (Phi) is 6.89. The van der Waals surface area contributed by atoms with Gasteiger partial charge in [0.1, 0.15) is 0 Å². The van der Waals surface area contributed by atoms with Crippen LogP contribution in [0.25, 0.3) is 0 Å². The van der Waals surface area contributed by atoms with Crippen LogP contribution < -0.4 is 0 Å². The molecule has 0 spiro atoms. The number of hydrogen-bond donors (Lipinski definition) is 4. The molecule has 0 unspecified atom stereocenters. The predicted octanol–water partition coefficient (Wildman–Crippen LogP) is 2.24. The van der Waals surface area contributed by atoms with E-state index in [4.69, 9.17) is 30.0 Å². The lowest BCUT2D eigenvalue weighted by Gasteiger charge is -2.05. The Morgan fingerprint density at radius 1 is 1.00 bits per heavy atom. The van der Waals surface area contributed by atoms with Crippen molar-refractivity contribution < 1.29 is 34.8 Å². The van der Waals surface area contributed by atoms with E-state index in [2.05, 4.69) is 10.2 Å². The van der Waals surface area contributed by atoms with Crippen LogP contribution in [-0.4, -0.2) is 38.6 Å². The van der Waals surface area contributed by atoms with Gasteiger partial charge < -0.3 is 20.4 Å². The molecule has 9 heteroatoms. The summed E-state index contributed by atoms with van der Waals surface area (Å²) in [7, 11) is 0. The molecule has 0 fully saturated rings. The molecule has 0 radical (unpaired) electrons. The molecular weight excluding hydrogens is 260 g/mol. The van der Waals surface area contributed by atoms with Crippen molar-refractivity contribution in [2.24, 2.45) is 10.2 Å². The van der Waals surface area contributed by atoms with Crippen molar-refractivity contribution in [1.82, 2.24) is 0 Å². The minimum Gasteiger partial charge on any atom is -0.450 e. The highest BCUT2D eigenvalue weighted by Gasteiger charge is 2.12.